The molecular formula is C9H7Cl2FO3S. The first kappa shape index (κ1) is 13.4. The van der Waals surface area contributed by atoms with Crippen molar-refractivity contribution in [3.63, 3.8) is 0 Å². The Bertz CT molecular complexity index is 525. The number of carbonyl (C=O) groups is 1. The molecule has 3 nitrogen and oxygen atoms in total. The minimum absolute atomic E-state index is 0.460. The zero-order valence-electron chi connectivity index (χ0n) is 8.08. The Kier molecular flexibility index (Phi) is 3.62. The Morgan fingerprint density at radius 2 is 1.81 bits per heavy atom. The second-order valence-corrected chi connectivity index (χ2v) is 7.03. The van der Waals surface area contributed by atoms with Gasteiger partial charge in [-0.3, -0.25) is 4.79 Å². The van der Waals surface area contributed by atoms with E-state index in [4.69, 9.17) is 23.2 Å². The number of rotatable bonds is 3. The number of halogens is 3. The molecule has 0 aliphatic heterocycles. The van der Waals surface area contributed by atoms with Gasteiger partial charge in [0, 0.05) is 6.26 Å². The molecule has 1 aromatic carbocycles. The third kappa shape index (κ3) is 2.36. The number of sulfone groups is 1. The molecule has 7 heteroatoms. The van der Waals surface area contributed by atoms with E-state index < -0.39 is 30.7 Å². The Morgan fingerprint density at radius 1 is 1.31 bits per heavy atom. The van der Waals surface area contributed by atoms with Crippen molar-refractivity contribution in [1.29, 1.82) is 0 Å². The quantitative estimate of drug-likeness (QED) is 0.632. The molecule has 0 fully saturated rings. The summed E-state index contributed by atoms with van der Waals surface area (Å²) >= 11 is 10.9. The van der Waals surface area contributed by atoms with Crippen molar-refractivity contribution in [3.05, 3.63) is 35.6 Å². The van der Waals surface area contributed by atoms with Crippen molar-refractivity contribution >= 4 is 38.8 Å². The van der Waals surface area contributed by atoms with Gasteiger partial charge in [0.2, 0.25) is 5.78 Å². The van der Waals surface area contributed by atoms with E-state index >= 15 is 0 Å². The summed E-state index contributed by atoms with van der Waals surface area (Å²) in [6.45, 7) is 0. The van der Waals surface area contributed by atoms with Crippen LogP contribution in [0.2, 0.25) is 0 Å². The molecule has 0 amide bonds. The van der Waals surface area contributed by atoms with Crippen molar-refractivity contribution in [1.82, 2.24) is 0 Å². The first-order chi connectivity index (χ1) is 7.18. The highest BCUT2D eigenvalue weighted by Gasteiger charge is 2.45. The van der Waals surface area contributed by atoms with Gasteiger partial charge in [-0.1, -0.05) is 35.3 Å². The van der Waals surface area contributed by atoms with Gasteiger partial charge >= 0.3 is 0 Å². The summed E-state index contributed by atoms with van der Waals surface area (Å²) in [7, 11) is -4.05. The predicted octanol–water partition coefficient (Wildman–Crippen LogP) is 2.18. The summed E-state index contributed by atoms with van der Waals surface area (Å²) in [5, 5.41) is 0. The molecule has 16 heavy (non-hydrogen) atoms. The van der Waals surface area contributed by atoms with Gasteiger partial charge in [-0.05, 0) is 12.1 Å². The van der Waals surface area contributed by atoms with Crippen LogP contribution in [0.1, 0.15) is 10.4 Å². The van der Waals surface area contributed by atoms with Crippen LogP contribution >= 0.6 is 23.2 Å². The molecule has 0 unspecified atom stereocenters. The summed E-state index contributed by atoms with van der Waals surface area (Å²) in [6, 6.07) is 4.86. The van der Waals surface area contributed by atoms with Crippen LogP contribution < -0.4 is 0 Å². The zero-order valence-corrected chi connectivity index (χ0v) is 10.4. The van der Waals surface area contributed by atoms with Gasteiger partial charge in [0.1, 0.15) is 5.82 Å². The monoisotopic (exact) mass is 284 g/mol. The van der Waals surface area contributed by atoms with Gasteiger partial charge in [0.15, 0.2) is 9.84 Å². The van der Waals surface area contributed by atoms with Gasteiger partial charge in [-0.15, -0.1) is 0 Å². The van der Waals surface area contributed by atoms with Crippen LogP contribution in [0.5, 0.6) is 0 Å². The first-order valence-electron chi connectivity index (χ1n) is 4.04. The highest BCUT2D eigenvalue weighted by atomic mass is 35.5. The number of benzene rings is 1. The van der Waals surface area contributed by atoms with Crippen molar-refractivity contribution in [2.75, 3.05) is 6.26 Å². The fraction of sp³-hybridized carbons (Fsp3) is 0.222. The standard InChI is InChI=1S/C9H7Cl2FO3S/c1-16(14,15)9(10,11)8(13)6-4-2-3-5-7(6)12/h2-5H,1H3. The molecule has 0 N–H and O–H groups in total. The lowest BCUT2D eigenvalue weighted by molar-refractivity contribution is 0.0992. The van der Waals surface area contributed by atoms with E-state index in [-0.39, 0.29) is 0 Å². The minimum Gasteiger partial charge on any atom is -0.289 e. The van der Waals surface area contributed by atoms with E-state index in [1.807, 2.05) is 0 Å². The molecule has 0 radical (unpaired) electrons. The van der Waals surface area contributed by atoms with Gasteiger partial charge in [-0.25, -0.2) is 12.8 Å². The van der Waals surface area contributed by atoms with Gasteiger partial charge in [0.25, 0.3) is 3.67 Å². The Morgan fingerprint density at radius 3 is 2.25 bits per heavy atom. The van der Waals surface area contributed by atoms with E-state index in [9.17, 15) is 17.6 Å². The molecule has 0 saturated heterocycles. The van der Waals surface area contributed by atoms with Crippen molar-refractivity contribution in [2.24, 2.45) is 0 Å². The van der Waals surface area contributed by atoms with Crippen LogP contribution in [-0.2, 0) is 9.84 Å². The fourth-order valence-corrected chi connectivity index (χ4v) is 1.62. The highest BCUT2D eigenvalue weighted by Crippen LogP contribution is 2.32. The van der Waals surface area contributed by atoms with Crippen molar-refractivity contribution in [3.8, 4) is 0 Å². The number of ketones is 1. The van der Waals surface area contributed by atoms with Crippen molar-refractivity contribution < 1.29 is 17.6 Å². The minimum atomic E-state index is -4.05. The van der Waals surface area contributed by atoms with Crippen LogP contribution in [-0.4, -0.2) is 24.1 Å². The number of carbonyl (C=O) groups excluding carboxylic acids is 1. The molecule has 1 rings (SSSR count). The first-order valence-corrected chi connectivity index (χ1v) is 6.69. The Balaban J connectivity index is 3.29. The second kappa shape index (κ2) is 4.31. The topological polar surface area (TPSA) is 51.2 Å². The summed E-state index contributed by atoms with van der Waals surface area (Å²) in [6.07, 6.45) is 0.700. The number of hydrogen-bond acceptors (Lipinski definition) is 3. The molecule has 0 bridgehead atoms. The maximum Gasteiger partial charge on any atom is 0.280 e. The molecule has 0 atom stereocenters. The summed E-state index contributed by atoms with van der Waals surface area (Å²) in [5.41, 5.74) is -0.460. The van der Waals surface area contributed by atoms with Crippen molar-refractivity contribution in [2.45, 2.75) is 3.67 Å². The molecular weight excluding hydrogens is 278 g/mol. The molecule has 88 valence electrons. The third-order valence-electron chi connectivity index (χ3n) is 1.85. The third-order valence-corrected chi connectivity index (χ3v) is 4.99. The number of Topliss-reactive ketones (excluding diaryl/α,β-unsaturated/α-hetero) is 1. The summed E-state index contributed by atoms with van der Waals surface area (Å²) < 4.78 is 32.9. The lowest BCUT2D eigenvalue weighted by Crippen LogP contribution is -2.35. The molecule has 0 aliphatic carbocycles. The van der Waals surface area contributed by atoms with E-state index in [0.29, 0.717) is 6.26 Å². The average molecular weight is 285 g/mol. The average Bonchev–Trinajstić information content (AvgIpc) is 2.15. The fourth-order valence-electron chi connectivity index (χ4n) is 0.971. The molecule has 1 aromatic rings. The SMILES string of the molecule is CS(=O)(=O)C(Cl)(Cl)C(=O)c1ccccc1F. The summed E-state index contributed by atoms with van der Waals surface area (Å²) in [4.78, 5) is 11.7. The predicted molar refractivity (Wildman–Crippen MR) is 60.0 cm³/mol. The van der Waals surface area contributed by atoms with Crippen LogP contribution in [0.25, 0.3) is 0 Å². The number of hydrogen-bond donors (Lipinski definition) is 0. The van der Waals surface area contributed by atoms with E-state index in [1.165, 1.54) is 12.1 Å². The zero-order chi connectivity index (χ0) is 12.6. The molecule has 0 aromatic heterocycles. The largest absolute Gasteiger partial charge is 0.289 e. The summed E-state index contributed by atoms with van der Waals surface area (Å²) in [5.74, 6) is -2.07. The molecule has 0 spiro atoms. The smallest absolute Gasteiger partial charge is 0.280 e. The lowest BCUT2D eigenvalue weighted by Gasteiger charge is -2.15. The molecule has 0 heterocycles. The molecule has 0 saturated carbocycles. The molecule has 0 aliphatic rings. The Labute approximate surface area is 102 Å². The highest BCUT2D eigenvalue weighted by molar-refractivity contribution is 7.95. The van der Waals surface area contributed by atoms with Crippen LogP contribution in [0.4, 0.5) is 4.39 Å². The van der Waals surface area contributed by atoms with E-state index in [0.717, 1.165) is 12.1 Å². The number of alkyl halides is 2. The Hall–Kier alpha value is -0.650. The van der Waals surface area contributed by atoms with E-state index in [1.54, 1.807) is 0 Å². The second-order valence-electron chi connectivity index (χ2n) is 3.10. The lowest BCUT2D eigenvalue weighted by atomic mass is 10.1. The van der Waals surface area contributed by atoms with Gasteiger partial charge in [0.05, 0.1) is 5.56 Å². The maximum absolute atomic E-state index is 13.2. The van der Waals surface area contributed by atoms with Gasteiger partial charge in [-0.2, -0.15) is 0 Å². The normalized spacial score (nSPS) is 12.5. The van der Waals surface area contributed by atoms with Crippen LogP contribution in [0.3, 0.4) is 0 Å². The van der Waals surface area contributed by atoms with Crippen LogP contribution in [0, 0.1) is 5.82 Å². The van der Waals surface area contributed by atoms with Gasteiger partial charge < -0.3 is 0 Å². The maximum atomic E-state index is 13.2. The van der Waals surface area contributed by atoms with E-state index in [2.05, 4.69) is 0 Å². The van der Waals surface area contributed by atoms with Crippen LogP contribution in [0.15, 0.2) is 24.3 Å².